The quantitative estimate of drug-likeness (QED) is 0.119. The Kier molecular flexibility index (Phi) is 36.0. The van der Waals surface area contributed by atoms with Crippen molar-refractivity contribution in [2.75, 3.05) is 52.4 Å². The molecule has 4 heterocycles. The lowest BCUT2D eigenvalue weighted by Gasteiger charge is -2.25. The summed E-state index contributed by atoms with van der Waals surface area (Å²) in [4.78, 5) is 14.9. The first-order chi connectivity index (χ1) is 27.6. The van der Waals surface area contributed by atoms with Crippen molar-refractivity contribution in [3.05, 3.63) is 165 Å². The van der Waals surface area contributed by atoms with Crippen LogP contribution in [0.25, 0.3) is 0 Å². The van der Waals surface area contributed by atoms with Gasteiger partial charge in [-0.1, -0.05) is 90.5 Å². The summed E-state index contributed by atoms with van der Waals surface area (Å²) in [5.41, 5.74) is 12.6. The maximum absolute atomic E-state index is 4.82. The van der Waals surface area contributed by atoms with E-state index < -0.39 is 0 Å². The molecule has 64 heavy (non-hydrogen) atoms. The molecule has 0 spiro atoms. The van der Waals surface area contributed by atoms with E-state index in [1.807, 2.05) is 0 Å². The van der Waals surface area contributed by atoms with Crippen LogP contribution in [-0.2, 0) is 39.3 Å². The number of hydrogen-bond donors (Lipinski definition) is 4. The van der Waals surface area contributed by atoms with Gasteiger partial charge < -0.3 is 32.2 Å². The summed E-state index contributed by atoms with van der Waals surface area (Å²) < 4.78 is 0. The first-order valence-corrected chi connectivity index (χ1v) is 21.1. The highest BCUT2D eigenvalue weighted by Gasteiger charge is 2.19. The molecule has 2 aliphatic rings. The zero-order chi connectivity index (χ0) is 38.2. The molecule has 0 amide bonds. The van der Waals surface area contributed by atoms with Gasteiger partial charge in [0.2, 0.25) is 0 Å². The number of nitrogens with zero attached hydrogens (tertiary/aromatic N) is 4. The van der Waals surface area contributed by atoms with E-state index in [4.69, 9.17) is 9.97 Å². The van der Waals surface area contributed by atoms with Gasteiger partial charge in [-0.15, -0.1) is 102 Å². The van der Waals surface area contributed by atoms with Crippen molar-refractivity contribution in [3.8, 4) is 0 Å². The van der Waals surface area contributed by atoms with Crippen LogP contribution in [0.4, 0.5) is 0 Å². The van der Waals surface area contributed by atoms with E-state index >= 15 is 0 Å². The molecule has 4 bridgehead atoms. The highest BCUT2D eigenvalue weighted by atomic mass is 79.9. The molecule has 2 aliphatic heterocycles. The van der Waals surface area contributed by atoms with E-state index in [0.717, 1.165) is 140 Å². The van der Waals surface area contributed by atoms with Gasteiger partial charge in [-0.05, 0) is 137 Å². The van der Waals surface area contributed by atoms with Crippen LogP contribution in [-0.4, -0.2) is 83.1 Å². The molecule has 0 saturated heterocycles. The molecule has 3 aromatic carbocycles. The van der Waals surface area contributed by atoms with Crippen LogP contribution in [0.1, 0.15) is 87.8 Å². The molecule has 358 valence electrons. The predicted molar refractivity (Wildman–Crippen MR) is 298 cm³/mol. The number of rotatable bonds is 7. The Labute approximate surface area is 445 Å². The van der Waals surface area contributed by atoms with Gasteiger partial charge in [0.15, 0.2) is 0 Å². The number of nitrogens with one attached hydrogen (secondary N) is 4. The van der Waals surface area contributed by atoms with Gasteiger partial charge in [0.1, 0.15) is 0 Å². The van der Waals surface area contributed by atoms with E-state index in [9.17, 15) is 0 Å². The van der Waals surface area contributed by atoms with Gasteiger partial charge in [0.05, 0.1) is 22.8 Å². The summed E-state index contributed by atoms with van der Waals surface area (Å²) in [5.74, 6) is 0.159. The minimum Gasteiger partial charge on any atom is -0.412 e. The van der Waals surface area contributed by atoms with Crippen LogP contribution in [0.15, 0.2) is 109 Å². The zero-order valence-electron chi connectivity index (χ0n) is 36.9. The van der Waals surface area contributed by atoms with E-state index in [1.165, 1.54) is 33.4 Å². The number of benzene rings is 3. The summed E-state index contributed by atoms with van der Waals surface area (Å²) in [5, 5.41) is 14.5. The first kappa shape index (κ1) is 64.6. The molecular formula is C48H72Br6N8O2. The average Bonchev–Trinajstić information content (AvgIpc) is 3.21. The van der Waals surface area contributed by atoms with Gasteiger partial charge in [0.25, 0.3) is 0 Å². The fourth-order valence-electron chi connectivity index (χ4n) is 8.16. The summed E-state index contributed by atoms with van der Waals surface area (Å²) in [6.07, 6.45) is 4.45. The Bertz CT molecular complexity index is 1790. The molecule has 0 atom stereocenters. The predicted octanol–water partition coefficient (Wildman–Crippen LogP) is 8.73. The second kappa shape index (κ2) is 35.6. The normalized spacial score (nSPS) is 15.3. The lowest BCUT2D eigenvalue weighted by atomic mass is 9.83. The molecule has 8 N–H and O–H groups in total. The van der Waals surface area contributed by atoms with Crippen LogP contribution >= 0.6 is 102 Å². The Hall–Kier alpha value is -1.48. The van der Waals surface area contributed by atoms with Crippen molar-refractivity contribution in [2.45, 2.75) is 77.8 Å². The van der Waals surface area contributed by atoms with Crippen LogP contribution in [0, 0.1) is 6.92 Å². The van der Waals surface area contributed by atoms with Crippen molar-refractivity contribution in [1.29, 1.82) is 0 Å². The third-order valence-corrected chi connectivity index (χ3v) is 11.1. The van der Waals surface area contributed by atoms with Crippen molar-refractivity contribution >= 4 is 102 Å². The first-order valence-electron chi connectivity index (χ1n) is 21.1. The van der Waals surface area contributed by atoms with Crippen molar-refractivity contribution in [2.24, 2.45) is 0 Å². The molecule has 2 aromatic heterocycles. The fourth-order valence-corrected chi connectivity index (χ4v) is 8.16. The molecule has 16 heteroatoms. The van der Waals surface area contributed by atoms with E-state index in [-0.39, 0.29) is 119 Å². The average molecular weight is 1270 g/mol. The standard InChI is InChI=1S/C48H62N8.6BrH.2H2O/c1-38-18-20-41(21-19-38)48(42-12-2-10-39(30-42)36-55-26-6-22-49-32-44-14-4-15-45(53-44)33-50-23-7-27-55)43-13-3-11-40(31-43)37-56-28-8-24-51-34-46-16-5-17-47(54-46)35-52-25-9-29-56;;;;;;;;/h2-5,10-21,30-31,48-52H,6-9,22-29,32-37H2,1H3;6*1H;2*1H2. The van der Waals surface area contributed by atoms with E-state index in [0.29, 0.717) is 0 Å². The number of aromatic nitrogens is 2. The summed E-state index contributed by atoms with van der Waals surface area (Å²) >= 11 is 0. The molecule has 0 unspecified atom stereocenters. The maximum Gasteiger partial charge on any atom is 0.0545 e. The van der Waals surface area contributed by atoms with Gasteiger partial charge in [-0.3, -0.25) is 19.8 Å². The smallest absolute Gasteiger partial charge is 0.0545 e. The zero-order valence-corrected chi connectivity index (χ0v) is 47.2. The minimum absolute atomic E-state index is 0. The minimum atomic E-state index is 0. The van der Waals surface area contributed by atoms with Gasteiger partial charge in [0, 0.05) is 45.2 Å². The van der Waals surface area contributed by atoms with Gasteiger partial charge in [-0.2, -0.15) is 0 Å². The maximum atomic E-state index is 4.82. The molecule has 0 fully saturated rings. The Balaban J connectivity index is 0. The number of hydrogen-bond acceptors (Lipinski definition) is 8. The van der Waals surface area contributed by atoms with E-state index in [1.54, 1.807) is 0 Å². The highest BCUT2D eigenvalue weighted by Crippen LogP contribution is 2.33. The van der Waals surface area contributed by atoms with Crippen LogP contribution in [0.5, 0.6) is 0 Å². The van der Waals surface area contributed by atoms with Crippen LogP contribution in [0.2, 0.25) is 0 Å². The summed E-state index contributed by atoms with van der Waals surface area (Å²) in [7, 11) is 0. The SMILES string of the molecule is Br.Br.Br.Br.Br.Br.Cc1ccc(C(c2cccc(CN3CCCNCc4cccc(n4)CNCCC3)c2)c2cccc(CN3CCCNCc4cccc(n4)CNCCC3)c2)cc1.O.O. The molecule has 10 nitrogen and oxygen atoms in total. The second-order valence-electron chi connectivity index (χ2n) is 15.7. The molecule has 0 radical (unpaired) electrons. The largest absolute Gasteiger partial charge is 0.412 e. The summed E-state index contributed by atoms with van der Waals surface area (Å²) in [6.45, 7) is 15.6. The third kappa shape index (κ3) is 21.2. The van der Waals surface area contributed by atoms with Gasteiger partial charge in [-0.25, -0.2) is 0 Å². The molecule has 0 saturated carbocycles. The number of aryl methyl sites for hydroxylation is 1. The Morgan fingerprint density at radius 3 is 1.11 bits per heavy atom. The number of halogens is 6. The van der Waals surface area contributed by atoms with Gasteiger partial charge >= 0.3 is 0 Å². The van der Waals surface area contributed by atoms with Crippen molar-refractivity contribution in [3.63, 3.8) is 0 Å². The third-order valence-electron chi connectivity index (χ3n) is 11.1. The number of pyridine rings is 2. The van der Waals surface area contributed by atoms with E-state index in [2.05, 4.69) is 147 Å². The molecule has 7 rings (SSSR count). The molecule has 5 aromatic rings. The Morgan fingerprint density at radius 1 is 0.438 bits per heavy atom. The molecule has 0 aliphatic carbocycles. The van der Waals surface area contributed by atoms with Crippen molar-refractivity contribution < 1.29 is 11.0 Å². The fraction of sp³-hybridized carbons (Fsp3) is 0.417. The molecular weight excluding hydrogens is 1200 g/mol. The van der Waals surface area contributed by atoms with Crippen molar-refractivity contribution in [1.82, 2.24) is 41.0 Å². The lowest BCUT2D eigenvalue weighted by molar-refractivity contribution is 0.256. The lowest BCUT2D eigenvalue weighted by Crippen LogP contribution is -2.31. The topological polar surface area (TPSA) is 143 Å². The summed E-state index contributed by atoms with van der Waals surface area (Å²) in [6, 6.07) is 40.8. The number of fused-ring (bicyclic) bond motifs is 4. The highest BCUT2D eigenvalue weighted by molar-refractivity contribution is 8.93. The van der Waals surface area contributed by atoms with Crippen LogP contribution < -0.4 is 21.3 Å². The Morgan fingerprint density at radius 2 is 0.766 bits per heavy atom. The van der Waals surface area contributed by atoms with Crippen LogP contribution in [0.3, 0.4) is 0 Å². The monoisotopic (exact) mass is 1270 g/mol. The second-order valence-corrected chi connectivity index (χ2v) is 15.7.